The van der Waals surface area contributed by atoms with Crippen molar-refractivity contribution in [3.05, 3.63) is 22.4 Å². The lowest BCUT2D eigenvalue weighted by Crippen LogP contribution is -2.28. The average molecular weight is 286 g/mol. The fraction of sp³-hybridized carbons (Fsp3) is 0.417. The van der Waals surface area contributed by atoms with Crippen molar-refractivity contribution in [3.63, 3.8) is 0 Å². The van der Waals surface area contributed by atoms with Crippen LogP contribution in [-0.4, -0.2) is 29.8 Å². The number of hydrogen-bond donors (Lipinski definition) is 0. The Balaban J connectivity index is 1.80. The molecule has 0 bridgehead atoms. The first-order valence-corrected chi connectivity index (χ1v) is 7.83. The van der Waals surface area contributed by atoms with Gasteiger partial charge in [0.1, 0.15) is 0 Å². The normalized spacial score (nSPS) is 20.3. The molecule has 0 radical (unpaired) electrons. The number of fused-ring (bicyclic) bond motifs is 1. The number of amides is 1. The van der Waals surface area contributed by atoms with E-state index in [4.69, 9.17) is 11.6 Å². The maximum absolute atomic E-state index is 12.3. The summed E-state index contributed by atoms with van der Waals surface area (Å²) in [6.07, 6.45) is 1.04. The number of likely N-dealkylation sites (tertiary alicyclic amines) is 1. The van der Waals surface area contributed by atoms with Crippen LogP contribution in [0.15, 0.2) is 17.5 Å². The van der Waals surface area contributed by atoms with Gasteiger partial charge in [-0.05, 0) is 29.9 Å². The molecule has 0 N–H and O–H groups in total. The quantitative estimate of drug-likeness (QED) is 0.771. The lowest BCUT2D eigenvalue weighted by atomic mass is 10.2. The molecule has 2 aromatic rings. The molecule has 0 spiro atoms. The van der Waals surface area contributed by atoms with Crippen LogP contribution in [0, 0.1) is 5.92 Å². The van der Waals surface area contributed by atoms with E-state index in [-0.39, 0.29) is 5.91 Å². The first-order chi connectivity index (χ1) is 8.28. The standard InChI is InChI=1S/C12H12ClNOS2/c13-6-8-1-3-14(7-8)12(15)11-5-10-9(17-11)2-4-16-10/h2,4-5,8H,1,3,6-7H2. The van der Waals surface area contributed by atoms with E-state index < -0.39 is 0 Å². The molecule has 2 nitrogen and oxygen atoms in total. The van der Waals surface area contributed by atoms with E-state index in [1.54, 1.807) is 22.7 Å². The Labute approximate surface area is 113 Å². The summed E-state index contributed by atoms with van der Waals surface area (Å²) in [7, 11) is 0. The molecule has 0 saturated carbocycles. The first-order valence-electron chi connectivity index (χ1n) is 5.60. The zero-order chi connectivity index (χ0) is 11.8. The number of carbonyl (C=O) groups is 1. The van der Waals surface area contributed by atoms with E-state index in [0.29, 0.717) is 11.8 Å². The summed E-state index contributed by atoms with van der Waals surface area (Å²) >= 11 is 9.12. The third kappa shape index (κ3) is 2.09. The van der Waals surface area contributed by atoms with E-state index in [9.17, 15) is 4.79 Å². The molecule has 1 aliphatic heterocycles. The van der Waals surface area contributed by atoms with Crippen molar-refractivity contribution in [1.82, 2.24) is 4.90 Å². The summed E-state index contributed by atoms with van der Waals surface area (Å²) in [4.78, 5) is 15.1. The van der Waals surface area contributed by atoms with Crippen molar-refractivity contribution in [2.75, 3.05) is 19.0 Å². The van der Waals surface area contributed by atoms with Gasteiger partial charge in [-0.1, -0.05) is 0 Å². The van der Waals surface area contributed by atoms with Crippen molar-refractivity contribution in [2.45, 2.75) is 6.42 Å². The van der Waals surface area contributed by atoms with E-state index in [0.717, 1.165) is 24.4 Å². The summed E-state index contributed by atoms with van der Waals surface area (Å²) in [5.74, 6) is 1.30. The highest BCUT2D eigenvalue weighted by Gasteiger charge is 2.27. The smallest absolute Gasteiger partial charge is 0.264 e. The average Bonchev–Trinajstić information content (AvgIpc) is 3.02. The van der Waals surface area contributed by atoms with E-state index in [1.807, 2.05) is 11.0 Å². The maximum atomic E-state index is 12.3. The monoisotopic (exact) mass is 285 g/mol. The predicted molar refractivity (Wildman–Crippen MR) is 74.4 cm³/mol. The molecular weight excluding hydrogens is 274 g/mol. The molecular formula is C12H12ClNOS2. The molecule has 17 heavy (non-hydrogen) atoms. The number of nitrogens with zero attached hydrogens (tertiary/aromatic N) is 1. The van der Waals surface area contributed by atoms with E-state index >= 15 is 0 Å². The zero-order valence-corrected chi connectivity index (χ0v) is 11.6. The lowest BCUT2D eigenvalue weighted by molar-refractivity contribution is 0.0793. The molecule has 1 aliphatic rings. The highest BCUT2D eigenvalue weighted by Crippen LogP contribution is 2.31. The first kappa shape index (κ1) is 11.5. The van der Waals surface area contributed by atoms with Gasteiger partial charge in [-0.25, -0.2) is 0 Å². The summed E-state index contributed by atoms with van der Waals surface area (Å²) in [5.41, 5.74) is 0. The van der Waals surface area contributed by atoms with Crippen LogP contribution in [0.1, 0.15) is 16.1 Å². The zero-order valence-electron chi connectivity index (χ0n) is 9.19. The Morgan fingerprint density at radius 3 is 3.12 bits per heavy atom. The van der Waals surface area contributed by atoms with Crippen molar-refractivity contribution >= 4 is 49.6 Å². The van der Waals surface area contributed by atoms with Crippen LogP contribution in [0.25, 0.3) is 9.40 Å². The van der Waals surface area contributed by atoms with Crippen LogP contribution >= 0.6 is 34.3 Å². The minimum atomic E-state index is 0.172. The van der Waals surface area contributed by atoms with Crippen molar-refractivity contribution in [2.24, 2.45) is 5.92 Å². The Morgan fingerprint density at radius 1 is 1.53 bits per heavy atom. The second kappa shape index (κ2) is 4.59. The second-order valence-electron chi connectivity index (χ2n) is 4.32. The topological polar surface area (TPSA) is 20.3 Å². The largest absolute Gasteiger partial charge is 0.338 e. The van der Waals surface area contributed by atoms with Gasteiger partial charge in [0.15, 0.2) is 0 Å². The predicted octanol–water partition coefficient (Wildman–Crippen LogP) is 3.66. The molecule has 90 valence electrons. The molecule has 3 rings (SSSR count). The Hall–Kier alpha value is -0.580. The molecule has 1 amide bonds. The van der Waals surface area contributed by atoms with E-state index in [1.165, 1.54) is 9.40 Å². The number of hydrogen-bond acceptors (Lipinski definition) is 3. The molecule has 1 fully saturated rings. The Kier molecular flexibility index (Phi) is 3.11. The van der Waals surface area contributed by atoms with Gasteiger partial charge in [-0.2, -0.15) is 0 Å². The van der Waals surface area contributed by atoms with Gasteiger partial charge in [0.25, 0.3) is 5.91 Å². The number of carbonyl (C=O) groups excluding carboxylic acids is 1. The molecule has 0 aromatic carbocycles. The fourth-order valence-corrected chi connectivity index (χ4v) is 4.50. The van der Waals surface area contributed by atoms with Gasteiger partial charge in [0, 0.05) is 28.4 Å². The molecule has 1 atom stereocenters. The van der Waals surface area contributed by atoms with Gasteiger partial charge >= 0.3 is 0 Å². The van der Waals surface area contributed by atoms with Crippen LogP contribution in [0.5, 0.6) is 0 Å². The van der Waals surface area contributed by atoms with Gasteiger partial charge in [-0.15, -0.1) is 34.3 Å². The third-order valence-electron chi connectivity index (χ3n) is 3.14. The molecule has 5 heteroatoms. The fourth-order valence-electron chi connectivity index (χ4n) is 2.17. The SMILES string of the molecule is O=C(c1cc2sccc2s1)N1CCC(CCl)C1. The second-order valence-corrected chi connectivity index (χ2v) is 6.66. The Bertz CT molecular complexity index is 519. The minimum Gasteiger partial charge on any atom is -0.338 e. The van der Waals surface area contributed by atoms with Crippen LogP contribution < -0.4 is 0 Å². The number of thiophene rings is 2. The van der Waals surface area contributed by atoms with E-state index in [2.05, 4.69) is 11.4 Å². The van der Waals surface area contributed by atoms with Crippen molar-refractivity contribution in [3.8, 4) is 0 Å². The lowest BCUT2D eigenvalue weighted by Gasteiger charge is -2.14. The summed E-state index contributed by atoms with van der Waals surface area (Å²) in [5, 5.41) is 2.06. The molecule has 1 unspecified atom stereocenters. The molecule has 0 aliphatic carbocycles. The third-order valence-corrected chi connectivity index (χ3v) is 5.66. The number of halogens is 1. The highest BCUT2D eigenvalue weighted by molar-refractivity contribution is 7.27. The van der Waals surface area contributed by atoms with Crippen molar-refractivity contribution in [1.29, 1.82) is 0 Å². The highest BCUT2D eigenvalue weighted by atomic mass is 35.5. The Morgan fingerprint density at radius 2 is 2.41 bits per heavy atom. The van der Waals surface area contributed by atoms with Gasteiger partial charge < -0.3 is 4.90 Å². The summed E-state index contributed by atoms with van der Waals surface area (Å²) < 4.78 is 2.43. The minimum absolute atomic E-state index is 0.172. The van der Waals surface area contributed by atoms with Crippen molar-refractivity contribution < 1.29 is 4.79 Å². The van der Waals surface area contributed by atoms with Gasteiger partial charge in [0.05, 0.1) is 4.88 Å². The van der Waals surface area contributed by atoms with Crippen LogP contribution in [0.4, 0.5) is 0 Å². The molecule has 1 saturated heterocycles. The molecule has 2 aromatic heterocycles. The van der Waals surface area contributed by atoms with Crippen LogP contribution in [-0.2, 0) is 0 Å². The number of rotatable bonds is 2. The van der Waals surface area contributed by atoms with Crippen LogP contribution in [0.2, 0.25) is 0 Å². The maximum Gasteiger partial charge on any atom is 0.264 e. The summed E-state index contributed by atoms with van der Waals surface area (Å²) in [6.45, 7) is 1.66. The number of alkyl halides is 1. The van der Waals surface area contributed by atoms with Crippen LogP contribution in [0.3, 0.4) is 0 Å². The summed E-state index contributed by atoms with van der Waals surface area (Å²) in [6, 6.07) is 4.09. The van der Waals surface area contributed by atoms with Gasteiger partial charge in [-0.3, -0.25) is 4.79 Å². The van der Waals surface area contributed by atoms with Gasteiger partial charge in [0.2, 0.25) is 0 Å². The molecule has 3 heterocycles.